The Morgan fingerprint density at radius 1 is 1.24 bits per heavy atom. The Labute approximate surface area is 159 Å². The van der Waals surface area contributed by atoms with Crippen LogP contribution in [0.25, 0.3) is 0 Å². The highest BCUT2D eigenvalue weighted by Gasteiger charge is 2.23. The maximum Gasteiger partial charge on any atom is 0.242 e. The van der Waals surface area contributed by atoms with Crippen molar-refractivity contribution in [3.8, 4) is 5.75 Å². The SMILES string of the molecule is COc1ccc(S(=O)(=O)N[C@H](C)C(=O)Nc2cccc(Br)c2)cc1Cl. The molecule has 0 heterocycles. The van der Waals surface area contributed by atoms with Crippen molar-refractivity contribution in [2.45, 2.75) is 17.9 Å². The Morgan fingerprint density at radius 2 is 1.96 bits per heavy atom. The Kier molecular flexibility index (Phi) is 6.45. The van der Waals surface area contributed by atoms with Gasteiger partial charge in [-0.25, -0.2) is 8.42 Å². The standard InChI is InChI=1S/C16H16BrClN2O4S/c1-10(16(21)19-12-5-3-4-11(17)8-12)20-25(22,23)13-6-7-15(24-2)14(18)9-13/h3-10,20H,1-2H3,(H,19,21)/t10-/m1/s1. The molecule has 134 valence electrons. The molecule has 0 radical (unpaired) electrons. The number of methoxy groups -OCH3 is 1. The van der Waals surface area contributed by atoms with Crippen molar-refractivity contribution in [3.63, 3.8) is 0 Å². The first kappa shape index (κ1) is 19.7. The highest BCUT2D eigenvalue weighted by molar-refractivity contribution is 9.10. The van der Waals surface area contributed by atoms with Gasteiger partial charge in [-0.3, -0.25) is 4.79 Å². The minimum atomic E-state index is -3.91. The summed E-state index contributed by atoms with van der Waals surface area (Å²) < 4.78 is 32.9. The summed E-state index contributed by atoms with van der Waals surface area (Å²) >= 11 is 9.26. The second kappa shape index (κ2) is 8.18. The maximum absolute atomic E-state index is 12.4. The maximum atomic E-state index is 12.4. The van der Waals surface area contributed by atoms with Gasteiger partial charge in [0.15, 0.2) is 0 Å². The lowest BCUT2D eigenvalue weighted by molar-refractivity contribution is -0.117. The first-order chi connectivity index (χ1) is 11.7. The molecule has 0 aliphatic rings. The summed E-state index contributed by atoms with van der Waals surface area (Å²) in [6, 6.07) is 10.1. The van der Waals surface area contributed by atoms with Crippen LogP contribution in [0.2, 0.25) is 5.02 Å². The number of hydrogen-bond donors (Lipinski definition) is 2. The first-order valence-corrected chi connectivity index (χ1v) is 9.80. The zero-order chi connectivity index (χ0) is 18.6. The molecule has 2 rings (SSSR count). The van der Waals surface area contributed by atoms with E-state index < -0.39 is 22.0 Å². The van der Waals surface area contributed by atoms with Gasteiger partial charge >= 0.3 is 0 Å². The number of anilines is 1. The third kappa shape index (κ3) is 5.18. The molecule has 9 heteroatoms. The van der Waals surface area contributed by atoms with Crippen LogP contribution in [0.4, 0.5) is 5.69 Å². The van der Waals surface area contributed by atoms with Crippen LogP contribution >= 0.6 is 27.5 Å². The second-order valence-corrected chi connectivity index (χ2v) is 8.18. The monoisotopic (exact) mass is 446 g/mol. The van der Waals surface area contributed by atoms with Crippen LogP contribution in [0.1, 0.15) is 6.92 Å². The third-order valence-corrected chi connectivity index (χ3v) is 5.58. The van der Waals surface area contributed by atoms with Crippen LogP contribution in [-0.4, -0.2) is 27.5 Å². The molecule has 0 fully saturated rings. The van der Waals surface area contributed by atoms with E-state index in [0.29, 0.717) is 11.4 Å². The molecule has 0 aliphatic carbocycles. The van der Waals surface area contributed by atoms with Gasteiger partial charge in [-0.1, -0.05) is 33.6 Å². The lowest BCUT2D eigenvalue weighted by Gasteiger charge is -2.15. The molecule has 2 N–H and O–H groups in total. The van der Waals surface area contributed by atoms with E-state index in [0.717, 1.165) is 4.47 Å². The van der Waals surface area contributed by atoms with Gasteiger partial charge < -0.3 is 10.1 Å². The van der Waals surface area contributed by atoms with Gasteiger partial charge in [0.25, 0.3) is 0 Å². The van der Waals surface area contributed by atoms with Crippen LogP contribution in [0, 0.1) is 0 Å². The molecule has 0 aromatic heterocycles. The van der Waals surface area contributed by atoms with Crippen molar-refractivity contribution in [1.82, 2.24) is 4.72 Å². The molecule has 1 atom stereocenters. The van der Waals surface area contributed by atoms with Gasteiger partial charge in [0.05, 0.1) is 23.1 Å². The van der Waals surface area contributed by atoms with Gasteiger partial charge in [0.2, 0.25) is 15.9 Å². The summed E-state index contributed by atoms with van der Waals surface area (Å²) in [5.41, 5.74) is 0.554. The van der Waals surface area contributed by atoms with E-state index in [9.17, 15) is 13.2 Å². The molecule has 0 aliphatic heterocycles. The van der Waals surface area contributed by atoms with Crippen molar-refractivity contribution >= 4 is 49.1 Å². The zero-order valence-electron chi connectivity index (χ0n) is 13.4. The van der Waals surface area contributed by atoms with Crippen LogP contribution in [0.5, 0.6) is 5.75 Å². The van der Waals surface area contributed by atoms with E-state index >= 15 is 0 Å². The summed E-state index contributed by atoms with van der Waals surface area (Å²) in [7, 11) is -2.48. The van der Waals surface area contributed by atoms with Gasteiger partial charge in [-0.15, -0.1) is 0 Å². The lowest BCUT2D eigenvalue weighted by Crippen LogP contribution is -2.41. The van der Waals surface area contributed by atoms with Crippen molar-refractivity contribution in [1.29, 1.82) is 0 Å². The molecule has 0 spiro atoms. The van der Waals surface area contributed by atoms with Crippen LogP contribution in [-0.2, 0) is 14.8 Å². The van der Waals surface area contributed by atoms with E-state index in [1.165, 1.54) is 32.2 Å². The average Bonchev–Trinajstić information content (AvgIpc) is 2.54. The van der Waals surface area contributed by atoms with E-state index in [2.05, 4.69) is 26.0 Å². The summed E-state index contributed by atoms with van der Waals surface area (Å²) in [5, 5.41) is 2.81. The minimum Gasteiger partial charge on any atom is -0.495 e. The quantitative estimate of drug-likeness (QED) is 0.711. The Balaban J connectivity index is 2.11. The summed E-state index contributed by atoms with van der Waals surface area (Å²) in [6.45, 7) is 1.45. The van der Waals surface area contributed by atoms with Crippen molar-refractivity contribution in [3.05, 3.63) is 52.0 Å². The van der Waals surface area contributed by atoms with Crippen LogP contribution in [0.3, 0.4) is 0 Å². The summed E-state index contributed by atoms with van der Waals surface area (Å²) in [5.74, 6) is -0.123. The molecular formula is C16H16BrClN2O4S. The van der Waals surface area contributed by atoms with Gasteiger partial charge in [-0.2, -0.15) is 4.72 Å². The van der Waals surface area contributed by atoms with E-state index in [1.54, 1.807) is 18.2 Å². The molecule has 6 nitrogen and oxygen atoms in total. The fourth-order valence-corrected chi connectivity index (χ4v) is 3.94. The largest absolute Gasteiger partial charge is 0.495 e. The number of carbonyl (C=O) groups is 1. The summed E-state index contributed by atoms with van der Waals surface area (Å²) in [4.78, 5) is 12.1. The smallest absolute Gasteiger partial charge is 0.242 e. The Morgan fingerprint density at radius 3 is 2.56 bits per heavy atom. The number of carbonyl (C=O) groups excluding carboxylic acids is 1. The normalized spacial score (nSPS) is 12.5. The molecule has 2 aromatic rings. The molecule has 25 heavy (non-hydrogen) atoms. The van der Waals surface area contributed by atoms with Gasteiger partial charge in [-0.05, 0) is 43.3 Å². The number of sulfonamides is 1. The molecule has 0 saturated carbocycles. The van der Waals surface area contributed by atoms with E-state index in [4.69, 9.17) is 16.3 Å². The number of amides is 1. The molecule has 0 saturated heterocycles. The third-order valence-electron chi connectivity index (χ3n) is 3.25. The number of nitrogens with one attached hydrogen (secondary N) is 2. The molecule has 0 unspecified atom stereocenters. The van der Waals surface area contributed by atoms with Gasteiger partial charge in [0.1, 0.15) is 5.75 Å². The van der Waals surface area contributed by atoms with Gasteiger partial charge in [0, 0.05) is 10.2 Å². The number of rotatable bonds is 6. The van der Waals surface area contributed by atoms with Crippen molar-refractivity contribution < 1.29 is 17.9 Å². The Hall–Kier alpha value is -1.61. The van der Waals surface area contributed by atoms with Crippen molar-refractivity contribution in [2.24, 2.45) is 0 Å². The molecule has 0 bridgehead atoms. The highest BCUT2D eigenvalue weighted by atomic mass is 79.9. The average molecular weight is 448 g/mol. The summed E-state index contributed by atoms with van der Waals surface area (Å²) in [6.07, 6.45) is 0. The lowest BCUT2D eigenvalue weighted by atomic mass is 10.3. The zero-order valence-corrected chi connectivity index (χ0v) is 16.6. The number of ether oxygens (including phenoxy) is 1. The van der Waals surface area contributed by atoms with E-state index in [-0.39, 0.29) is 9.92 Å². The number of hydrogen-bond acceptors (Lipinski definition) is 4. The topological polar surface area (TPSA) is 84.5 Å². The Bertz CT molecular complexity index is 889. The fraction of sp³-hybridized carbons (Fsp3) is 0.188. The predicted octanol–water partition coefficient (Wildman–Crippen LogP) is 3.42. The van der Waals surface area contributed by atoms with Crippen molar-refractivity contribution in [2.75, 3.05) is 12.4 Å². The first-order valence-electron chi connectivity index (χ1n) is 7.15. The highest BCUT2D eigenvalue weighted by Crippen LogP contribution is 2.27. The van der Waals surface area contributed by atoms with E-state index in [1.807, 2.05) is 6.07 Å². The second-order valence-electron chi connectivity index (χ2n) is 5.14. The van der Waals surface area contributed by atoms with Crippen LogP contribution in [0.15, 0.2) is 51.8 Å². The molecule has 1 amide bonds. The molecule has 2 aromatic carbocycles. The minimum absolute atomic E-state index is 0.0552. The van der Waals surface area contributed by atoms with Crippen LogP contribution < -0.4 is 14.8 Å². The number of benzene rings is 2. The predicted molar refractivity (Wildman–Crippen MR) is 101 cm³/mol. The molecular weight excluding hydrogens is 432 g/mol. The number of halogens is 2. The fourth-order valence-electron chi connectivity index (χ4n) is 1.99.